The normalized spacial score (nSPS) is 11.4. The average molecular weight is 231 g/mol. The van der Waals surface area contributed by atoms with Crippen molar-refractivity contribution in [1.82, 2.24) is 5.48 Å². The molecule has 0 amide bonds. The zero-order chi connectivity index (χ0) is 11.5. The van der Waals surface area contributed by atoms with Gasteiger partial charge in [-0.2, -0.15) is 0 Å². The largest absolute Gasteiger partial charge is 0.497 e. The molecule has 0 atom stereocenters. The Kier molecular flexibility index (Phi) is 3.67. The summed E-state index contributed by atoms with van der Waals surface area (Å²) in [5, 5.41) is 8.56. The van der Waals surface area contributed by atoms with Gasteiger partial charge in [0.25, 0.3) is 0 Å². The molecule has 0 heterocycles. The molecule has 0 spiro atoms. The number of sulfone groups is 1. The fourth-order valence-corrected chi connectivity index (χ4v) is 2.18. The smallest absolute Gasteiger partial charge is 0.175 e. The van der Waals surface area contributed by atoms with Gasteiger partial charge >= 0.3 is 0 Å². The van der Waals surface area contributed by atoms with Gasteiger partial charge in [0.05, 0.1) is 12.0 Å². The predicted octanol–water partition coefficient (Wildman–Crippen LogP) is 0.578. The maximum absolute atomic E-state index is 11.4. The van der Waals surface area contributed by atoms with Crippen molar-refractivity contribution < 1.29 is 18.4 Å². The number of rotatable bonds is 4. The Bertz CT molecular complexity index is 441. The van der Waals surface area contributed by atoms with E-state index in [-0.39, 0.29) is 11.4 Å². The second kappa shape index (κ2) is 4.61. The molecule has 0 saturated heterocycles. The minimum Gasteiger partial charge on any atom is -0.497 e. The molecule has 1 aromatic carbocycles. The molecule has 0 fully saturated rings. The van der Waals surface area contributed by atoms with Gasteiger partial charge in [-0.1, -0.05) is 6.07 Å². The third kappa shape index (κ3) is 2.92. The molecule has 0 aliphatic heterocycles. The Hall–Kier alpha value is -1.11. The quantitative estimate of drug-likeness (QED) is 0.741. The van der Waals surface area contributed by atoms with Crippen LogP contribution in [-0.2, 0) is 16.4 Å². The highest BCUT2D eigenvalue weighted by molar-refractivity contribution is 7.90. The molecule has 0 aliphatic carbocycles. The first-order valence-electron chi connectivity index (χ1n) is 4.23. The number of hydrogen-bond donors (Lipinski definition) is 2. The fourth-order valence-electron chi connectivity index (χ4n) is 1.24. The average Bonchev–Trinajstić information content (AvgIpc) is 2.17. The van der Waals surface area contributed by atoms with Crippen molar-refractivity contribution in [2.45, 2.75) is 11.4 Å². The van der Waals surface area contributed by atoms with Gasteiger partial charge in [-0.05, 0) is 17.7 Å². The third-order valence-corrected chi connectivity index (χ3v) is 3.12. The summed E-state index contributed by atoms with van der Waals surface area (Å²) in [4.78, 5) is 0.156. The highest BCUT2D eigenvalue weighted by Gasteiger charge is 2.13. The van der Waals surface area contributed by atoms with E-state index in [2.05, 4.69) is 0 Å². The van der Waals surface area contributed by atoms with E-state index in [9.17, 15) is 8.42 Å². The lowest BCUT2D eigenvalue weighted by Crippen LogP contribution is -2.11. The first-order chi connectivity index (χ1) is 6.99. The summed E-state index contributed by atoms with van der Waals surface area (Å²) in [6.07, 6.45) is 1.11. The number of ether oxygens (including phenoxy) is 1. The molecule has 0 radical (unpaired) electrons. The monoisotopic (exact) mass is 231 g/mol. The SMILES string of the molecule is COc1ccc(CNO)c(S(C)(=O)=O)c1. The van der Waals surface area contributed by atoms with Crippen molar-refractivity contribution in [3.05, 3.63) is 23.8 Å². The number of nitrogens with one attached hydrogen (secondary N) is 1. The summed E-state index contributed by atoms with van der Waals surface area (Å²) in [6, 6.07) is 4.67. The number of benzene rings is 1. The van der Waals surface area contributed by atoms with Crippen molar-refractivity contribution in [3.8, 4) is 5.75 Å². The molecule has 1 aromatic rings. The minimum atomic E-state index is -3.32. The van der Waals surface area contributed by atoms with E-state index in [1.165, 1.54) is 13.2 Å². The lowest BCUT2D eigenvalue weighted by molar-refractivity contribution is 0.160. The van der Waals surface area contributed by atoms with Crippen LogP contribution in [0.4, 0.5) is 0 Å². The molecular weight excluding hydrogens is 218 g/mol. The van der Waals surface area contributed by atoms with Crippen LogP contribution in [0.5, 0.6) is 5.75 Å². The highest BCUT2D eigenvalue weighted by atomic mass is 32.2. The molecule has 84 valence electrons. The van der Waals surface area contributed by atoms with Gasteiger partial charge in [-0.25, -0.2) is 13.9 Å². The van der Waals surface area contributed by atoms with Gasteiger partial charge in [0, 0.05) is 12.8 Å². The van der Waals surface area contributed by atoms with E-state index in [0.29, 0.717) is 11.3 Å². The summed E-state index contributed by atoms with van der Waals surface area (Å²) in [6.45, 7) is 0.0758. The lowest BCUT2D eigenvalue weighted by Gasteiger charge is -2.08. The summed E-state index contributed by atoms with van der Waals surface area (Å²) >= 11 is 0. The summed E-state index contributed by atoms with van der Waals surface area (Å²) in [7, 11) is -1.86. The van der Waals surface area contributed by atoms with Crippen molar-refractivity contribution in [1.29, 1.82) is 0 Å². The maximum atomic E-state index is 11.4. The topological polar surface area (TPSA) is 75.6 Å². The van der Waals surface area contributed by atoms with Crippen molar-refractivity contribution in [3.63, 3.8) is 0 Å². The molecule has 0 aromatic heterocycles. The molecule has 1 rings (SSSR count). The van der Waals surface area contributed by atoms with Gasteiger partial charge in [-0.15, -0.1) is 0 Å². The molecule has 2 N–H and O–H groups in total. The van der Waals surface area contributed by atoms with Gasteiger partial charge in [0.15, 0.2) is 9.84 Å². The van der Waals surface area contributed by atoms with Gasteiger partial charge in [0.2, 0.25) is 0 Å². The van der Waals surface area contributed by atoms with Crippen LogP contribution in [0.25, 0.3) is 0 Å². The van der Waals surface area contributed by atoms with E-state index in [4.69, 9.17) is 9.94 Å². The van der Waals surface area contributed by atoms with E-state index in [1.807, 2.05) is 5.48 Å². The Labute approximate surface area is 88.6 Å². The van der Waals surface area contributed by atoms with Gasteiger partial charge in [-0.3, -0.25) is 0 Å². The molecule has 15 heavy (non-hydrogen) atoms. The summed E-state index contributed by atoms with van der Waals surface area (Å²) in [5.41, 5.74) is 2.43. The standard InChI is InChI=1S/C9H13NO4S/c1-14-8-4-3-7(6-10-11)9(5-8)15(2,12)13/h3-5,10-11H,6H2,1-2H3. The molecular formula is C9H13NO4S. The Morgan fingerprint density at radius 2 is 2.13 bits per heavy atom. The number of methoxy groups -OCH3 is 1. The van der Waals surface area contributed by atoms with Crippen LogP contribution >= 0.6 is 0 Å². The van der Waals surface area contributed by atoms with Gasteiger partial charge < -0.3 is 9.94 Å². The van der Waals surface area contributed by atoms with Crippen LogP contribution in [0, 0.1) is 0 Å². The van der Waals surface area contributed by atoms with Gasteiger partial charge in [0.1, 0.15) is 5.75 Å². The van der Waals surface area contributed by atoms with E-state index >= 15 is 0 Å². The van der Waals surface area contributed by atoms with Crippen LogP contribution < -0.4 is 10.2 Å². The van der Waals surface area contributed by atoms with Crippen LogP contribution in [0.2, 0.25) is 0 Å². The molecule has 6 heteroatoms. The molecule has 0 saturated carbocycles. The second-order valence-corrected chi connectivity index (χ2v) is 5.06. The first-order valence-corrected chi connectivity index (χ1v) is 6.12. The van der Waals surface area contributed by atoms with Crippen LogP contribution in [0.15, 0.2) is 23.1 Å². The maximum Gasteiger partial charge on any atom is 0.175 e. The zero-order valence-electron chi connectivity index (χ0n) is 8.52. The fraction of sp³-hybridized carbons (Fsp3) is 0.333. The molecule has 0 bridgehead atoms. The summed E-state index contributed by atoms with van der Waals surface area (Å²) < 4.78 is 27.8. The summed E-state index contributed by atoms with van der Waals surface area (Å²) in [5.74, 6) is 0.470. The molecule has 0 unspecified atom stereocenters. The Morgan fingerprint density at radius 3 is 2.60 bits per heavy atom. The van der Waals surface area contributed by atoms with Crippen molar-refractivity contribution in [2.24, 2.45) is 0 Å². The minimum absolute atomic E-state index is 0.0758. The number of hydroxylamine groups is 1. The number of hydrogen-bond acceptors (Lipinski definition) is 5. The van der Waals surface area contributed by atoms with E-state index < -0.39 is 9.84 Å². The Balaban J connectivity index is 3.29. The van der Waals surface area contributed by atoms with Crippen molar-refractivity contribution >= 4 is 9.84 Å². The van der Waals surface area contributed by atoms with E-state index in [0.717, 1.165) is 6.26 Å². The lowest BCUT2D eigenvalue weighted by atomic mass is 10.2. The zero-order valence-corrected chi connectivity index (χ0v) is 9.34. The molecule has 0 aliphatic rings. The predicted molar refractivity (Wildman–Crippen MR) is 54.7 cm³/mol. The molecule has 5 nitrogen and oxygen atoms in total. The highest BCUT2D eigenvalue weighted by Crippen LogP contribution is 2.21. The third-order valence-electron chi connectivity index (χ3n) is 1.94. The Morgan fingerprint density at radius 1 is 1.47 bits per heavy atom. The van der Waals surface area contributed by atoms with Crippen LogP contribution in [0.1, 0.15) is 5.56 Å². The van der Waals surface area contributed by atoms with Crippen LogP contribution in [-0.4, -0.2) is 27.0 Å². The second-order valence-electron chi connectivity index (χ2n) is 3.08. The first kappa shape index (κ1) is 12.0. The van der Waals surface area contributed by atoms with Crippen LogP contribution in [0.3, 0.4) is 0 Å². The van der Waals surface area contributed by atoms with E-state index in [1.54, 1.807) is 12.1 Å². The van der Waals surface area contributed by atoms with Crippen molar-refractivity contribution in [2.75, 3.05) is 13.4 Å².